The van der Waals surface area contributed by atoms with Crippen molar-refractivity contribution in [3.8, 4) is 0 Å². The van der Waals surface area contributed by atoms with Crippen LogP contribution in [0.3, 0.4) is 0 Å². The summed E-state index contributed by atoms with van der Waals surface area (Å²) in [5, 5.41) is 5.81. The third-order valence-corrected chi connectivity index (χ3v) is 6.75. The molecule has 3 aromatic rings. The molecule has 0 aromatic heterocycles. The van der Waals surface area contributed by atoms with E-state index in [0.717, 1.165) is 51.0 Å². The number of piperidine rings is 1. The van der Waals surface area contributed by atoms with E-state index in [-0.39, 0.29) is 11.8 Å². The fraction of sp³-hybridized carbons (Fsp3) is 0.346. The Morgan fingerprint density at radius 2 is 1.72 bits per heavy atom. The molecule has 1 amide bonds. The third kappa shape index (κ3) is 3.56. The van der Waals surface area contributed by atoms with Crippen molar-refractivity contribution in [3.63, 3.8) is 0 Å². The first kappa shape index (κ1) is 18.4. The fourth-order valence-electron chi connectivity index (χ4n) is 4.97. The molecule has 0 atom stereocenters. The largest absolute Gasteiger partial charge is 0.325 e. The summed E-state index contributed by atoms with van der Waals surface area (Å²) in [6, 6.07) is 19.4. The molecule has 0 bridgehead atoms. The Bertz CT molecular complexity index is 1050. The lowest BCUT2D eigenvalue weighted by Crippen LogP contribution is -2.37. The Hall–Kier alpha value is -2.65. The van der Waals surface area contributed by atoms with Crippen molar-refractivity contribution in [2.75, 3.05) is 18.4 Å². The van der Waals surface area contributed by atoms with Gasteiger partial charge < -0.3 is 5.32 Å². The van der Waals surface area contributed by atoms with Crippen LogP contribution in [-0.4, -0.2) is 23.9 Å². The van der Waals surface area contributed by atoms with Gasteiger partial charge in [0.1, 0.15) is 0 Å². The van der Waals surface area contributed by atoms with Crippen LogP contribution in [0.25, 0.3) is 10.8 Å². The average Bonchev–Trinajstić information content (AvgIpc) is 3.17. The molecule has 29 heavy (non-hydrogen) atoms. The molecule has 1 aliphatic carbocycles. The second-order valence-corrected chi connectivity index (χ2v) is 8.58. The Morgan fingerprint density at radius 1 is 0.966 bits per heavy atom. The molecule has 3 aromatic carbocycles. The highest BCUT2D eigenvalue weighted by molar-refractivity contribution is 6.05. The summed E-state index contributed by atoms with van der Waals surface area (Å²) in [4.78, 5) is 15.5. The molecular weight excluding hydrogens is 356 g/mol. The predicted octanol–water partition coefficient (Wildman–Crippen LogP) is 5.10. The van der Waals surface area contributed by atoms with Gasteiger partial charge >= 0.3 is 0 Å². The maximum Gasteiger partial charge on any atom is 0.227 e. The molecule has 1 aliphatic heterocycles. The quantitative estimate of drug-likeness (QED) is 0.679. The Kier molecular flexibility index (Phi) is 4.84. The number of rotatable bonds is 4. The van der Waals surface area contributed by atoms with E-state index in [2.05, 4.69) is 71.7 Å². The zero-order chi connectivity index (χ0) is 19.8. The van der Waals surface area contributed by atoms with Crippen LogP contribution < -0.4 is 5.32 Å². The Balaban J connectivity index is 1.24. The van der Waals surface area contributed by atoms with E-state index in [1.807, 2.05) is 0 Å². The summed E-state index contributed by atoms with van der Waals surface area (Å²) in [7, 11) is 0. The summed E-state index contributed by atoms with van der Waals surface area (Å²) in [6.45, 7) is 5.12. The van der Waals surface area contributed by atoms with Crippen LogP contribution >= 0.6 is 0 Å². The summed E-state index contributed by atoms with van der Waals surface area (Å²) in [5.41, 5.74) is 6.54. The van der Waals surface area contributed by atoms with Gasteiger partial charge in [0.2, 0.25) is 5.91 Å². The normalized spacial score (nSPS) is 17.0. The molecule has 1 heterocycles. The number of amides is 1. The van der Waals surface area contributed by atoms with E-state index >= 15 is 0 Å². The van der Waals surface area contributed by atoms with Gasteiger partial charge in [-0.05, 0) is 79.4 Å². The van der Waals surface area contributed by atoms with Crippen molar-refractivity contribution in [1.82, 2.24) is 4.90 Å². The molecule has 5 rings (SSSR count). The number of aryl methyl sites for hydroxylation is 3. The zero-order valence-corrected chi connectivity index (χ0v) is 17.1. The average molecular weight is 385 g/mol. The number of carbonyl (C=O) groups is 1. The summed E-state index contributed by atoms with van der Waals surface area (Å²) >= 11 is 0. The second kappa shape index (κ2) is 7.64. The first-order valence-corrected chi connectivity index (χ1v) is 10.8. The lowest BCUT2D eigenvalue weighted by atomic mass is 9.94. The molecule has 3 heteroatoms. The monoisotopic (exact) mass is 384 g/mol. The van der Waals surface area contributed by atoms with Gasteiger partial charge in [0.25, 0.3) is 0 Å². The number of nitrogens with one attached hydrogen (secondary N) is 1. The van der Waals surface area contributed by atoms with E-state index < -0.39 is 0 Å². The Morgan fingerprint density at radius 3 is 2.52 bits per heavy atom. The van der Waals surface area contributed by atoms with Crippen LogP contribution in [0.2, 0.25) is 0 Å². The highest BCUT2D eigenvalue weighted by atomic mass is 16.1. The number of hydrogen-bond acceptors (Lipinski definition) is 2. The van der Waals surface area contributed by atoms with Crippen molar-refractivity contribution in [2.45, 2.75) is 39.2 Å². The van der Waals surface area contributed by atoms with Crippen LogP contribution in [0.1, 0.15) is 35.1 Å². The molecule has 1 fully saturated rings. The van der Waals surface area contributed by atoms with Gasteiger partial charge in [-0.3, -0.25) is 9.69 Å². The predicted molar refractivity (Wildman–Crippen MR) is 119 cm³/mol. The van der Waals surface area contributed by atoms with Crippen LogP contribution in [0.5, 0.6) is 0 Å². The molecule has 2 aliphatic rings. The molecule has 148 valence electrons. The highest BCUT2D eigenvalue weighted by Crippen LogP contribution is 2.35. The minimum Gasteiger partial charge on any atom is -0.325 e. The Labute approximate surface area is 172 Å². The first-order chi connectivity index (χ1) is 14.2. The van der Waals surface area contributed by atoms with Crippen molar-refractivity contribution < 1.29 is 4.79 Å². The van der Waals surface area contributed by atoms with Crippen LogP contribution in [-0.2, 0) is 24.2 Å². The number of benzene rings is 3. The van der Waals surface area contributed by atoms with E-state index in [9.17, 15) is 4.79 Å². The van der Waals surface area contributed by atoms with E-state index in [1.165, 1.54) is 33.0 Å². The van der Waals surface area contributed by atoms with Crippen molar-refractivity contribution in [2.24, 2.45) is 5.92 Å². The van der Waals surface area contributed by atoms with Crippen LogP contribution in [0, 0.1) is 12.8 Å². The lowest BCUT2D eigenvalue weighted by Gasteiger charge is -2.31. The molecule has 0 spiro atoms. The molecule has 0 unspecified atom stereocenters. The van der Waals surface area contributed by atoms with E-state index in [1.54, 1.807) is 0 Å². The van der Waals surface area contributed by atoms with E-state index in [4.69, 9.17) is 0 Å². The summed E-state index contributed by atoms with van der Waals surface area (Å²) in [5.74, 6) is 0.283. The topological polar surface area (TPSA) is 32.3 Å². The summed E-state index contributed by atoms with van der Waals surface area (Å²) < 4.78 is 0. The highest BCUT2D eigenvalue weighted by Gasteiger charge is 2.26. The molecule has 0 saturated carbocycles. The smallest absolute Gasteiger partial charge is 0.227 e. The second-order valence-electron chi connectivity index (χ2n) is 8.58. The zero-order valence-electron chi connectivity index (χ0n) is 17.1. The van der Waals surface area contributed by atoms with Crippen LogP contribution in [0.15, 0.2) is 54.6 Å². The van der Waals surface area contributed by atoms with E-state index in [0.29, 0.717) is 0 Å². The van der Waals surface area contributed by atoms with Gasteiger partial charge in [0, 0.05) is 23.5 Å². The third-order valence-electron chi connectivity index (χ3n) is 6.75. The number of likely N-dealkylation sites (tertiary alicyclic amines) is 1. The molecule has 1 N–H and O–H groups in total. The number of nitrogens with zero attached hydrogens (tertiary/aromatic N) is 1. The lowest BCUT2D eigenvalue weighted by molar-refractivity contribution is -0.121. The number of carbonyl (C=O) groups excluding carboxylic acids is 1. The van der Waals surface area contributed by atoms with Gasteiger partial charge in [-0.15, -0.1) is 0 Å². The number of hydrogen-bond donors (Lipinski definition) is 1. The SMILES string of the molecule is Cc1ccccc1CN1CCC(C(=O)Nc2ccc3c4c(cccc24)CC3)CC1. The van der Waals surface area contributed by atoms with Gasteiger partial charge in [-0.2, -0.15) is 0 Å². The summed E-state index contributed by atoms with van der Waals surface area (Å²) in [6.07, 6.45) is 4.09. The first-order valence-electron chi connectivity index (χ1n) is 10.8. The maximum absolute atomic E-state index is 13.0. The standard InChI is InChI=1S/C26H28N2O/c1-18-5-2-3-6-22(18)17-28-15-13-21(14-16-28)26(29)27-24-12-11-20-10-9-19-7-4-8-23(24)25(19)20/h2-8,11-12,21H,9-10,13-17H2,1H3,(H,27,29). The number of anilines is 1. The van der Waals surface area contributed by atoms with Gasteiger partial charge in [-0.25, -0.2) is 0 Å². The van der Waals surface area contributed by atoms with Gasteiger partial charge in [-0.1, -0.05) is 48.5 Å². The van der Waals surface area contributed by atoms with Crippen LogP contribution in [0.4, 0.5) is 5.69 Å². The molecular formula is C26H28N2O. The van der Waals surface area contributed by atoms with Crippen molar-refractivity contribution >= 4 is 22.4 Å². The van der Waals surface area contributed by atoms with Crippen molar-refractivity contribution in [3.05, 3.63) is 76.9 Å². The molecule has 0 radical (unpaired) electrons. The molecule has 3 nitrogen and oxygen atoms in total. The minimum atomic E-state index is 0.103. The maximum atomic E-state index is 13.0. The van der Waals surface area contributed by atoms with Gasteiger partial charge in [0.05, 0.1) is 0 Å². The van der Waals surface area contributed by atoms with Gasteiger partial charge in [0.15, 0.2) is 0 Å². The van der Waals surface area contributed by atoms with Crippen molar-refractivity contribution in [1.29, 1.82) is 0 Å². The molecule has 1 saturated heterocycles. The fourth-order valence-corrected chi connectivity index (χ4v) is 4.97. The minimum absolute atomic E-state index is 0.103.